The normalized spacial score (nSPS) is 42.3. The Bertz CT molecular complexity index is 217. The number of thioether (sulfide) groups is 1. The molecule has 2 fully saturated rings. The van der Waals surface area contributed by atoms with E-state index in [4.69, 9.17) is 0 Å². The van der Waals surface area contributed by atoms with Crippen molar-refractivity contribution >= 4 is 17.7 Å². The summed E-state index contributed by atoms with van der Waals surface area (Å²) >= 11 is 1.88. The van der Waals surface area contributed by atoms with Crippen LogP contribution in [0, 0.1) is 11.8 Å². The first-order valence-electron chi connectivity index (χ1n) is 5.05. The Morgan fingerprint density at radius 2 is 2.15 bits per heavy atom. The van der Waals surface area contributed by atoms with E-state index in [1.165, 1.54) is 12.8 Å². The van der Waals surface area contributed by atoms with Crippen molar-refractivity contribution in [1.82, 2.24) is 5.32 Å². The first-order valence-corrected chi connectivity index (χ1v) is 6.34. The molecule has 0 aromatic carbocycles. The second-order valence-corrected chi connectivity index (χ2v) is 5.36. The van der Waals surface area contributed by atoms with Crippen molar-refractivity contribution in [3.8, 4) is 0 Å². The van der Waals surface area contributed by atoms with E-state index < -0.39 is 0 Å². The van der Waals surface area contributed by atoms with Gasteiger partial charge in [-0.1, -0.05) is 6.92 Å². The molecule has 1 amide bonds. The standard InChI is InChI=1S/C10H17NOS/c1-6-5-7(6)10(12)11-8-3-4-9(8)13-2/h6-9H,3-5H2,1-2H3,(H,11,12)/t6-,7-,8?,9?/m0/s1. The molecule has 2 aliphatic carbocycles. The Labute approximate surface area is 83.8 Å². The Balaban J connectivity index is 1.75. The van der Waals surface area contributed by atoms with Gasteiger partial charge in [-0.15, -0.1) is 0 Å². The summed E-state index contributed by atoms with van der Waals surface area (Å²) in [6.07, 6.45) is 5.68. The molecule has 13 heavy (non-hydrogen) atoms. The maximum Gasteiger partial charge on any atom is 0.223 e. The predicted octanol–water partition coefficient (Wildman–Crippen LogP) is 1.65. The molecule has 74 valence electrons. The molecule has 2 rings (SSSR count). The number of nitrogens with one attached hydrogen (secondary N) is 1. The molecule has 4 atom stereocenters. The van der Waals surface area contributed by atoms with E-state index in [1.807, 2.05) is 11.8 Å². The minimum Gasteiger partial charge on any atom is -0.352 e. The smallest absolute Gasteiger partial charge is 0.223 e. The number of hydrogen-bond acceptors (Lipinski definition) is 2. The molecule has 2 unspecified atom stereocenters. The van der Waals surface area contributed by atoms with Gasteiger partial charge in [0.2, 0.25) is 5.91 Å². The van der Waals surface area contributed by atoms with Crippen molar-refractivity contribution in [1.29, 1.82) is 0 Å². The molecule has 2 nitrogen and oxygen atoms in total. The van der Waals surface area contributed by atoms with Crippen LogP contribution >= 0.6 is 11.8 Å². The third-order valence-electron chi connectivity index (χ3n) is 3.29. The molecular formula is C10H17NOS. The lowest BCUT2D eigenvalue weighted by Gasteiger charge is -2.35. The fraction of sp³-hybridized carbons (Fsp3) is 0.900. The zero-order valence-electron chi connectivity index (χ0n) is 8.25. The first-order chi connectivity index (χ1) is 6.22. The molecule has 2 saturated carbocycles. The fourth-order valence-electron chi connectivity index (χ4n) is 1.89. The summed E-state index contributed by atoms with van der Waals surface area (Å²) in [5, 5.41) is 3.83. The second-order valence-electron chi connectivity index (χ2n) is 4.29. The van der Waals surface area contributed by atoms with Crippen LogP contribution in [0.4, 0.5) is 0 Å². The van der Waals surface area contributed by atoms with Gasteiger partial charge in [-0.25, -0.2) is 0 Å². The molecule has 0 aromatic rings. The average Bonchev–Trinajstić information content (AvgIpc) is 2.77. The van der Waals surface area contributed by atoms with Gasteiger partial charge in [-0.3, -0.25) is 4.79 Å². The average molecular weight is 199 g/mol. The molecule has 0 aromatic heterocycles. The molecule has 0 heterocycles. The zero-order chi connectivity index (χ0) is 9.42. The van der Waals surface area contributed by atoms with Gasteiger partial charge in [-0.05, 0) is 31.4 Å². The summed E-state index contributed by atoms with van der Waals surface area (Å²) in [5.74, 6) is 1.27. The van der Waals surface area contributed by atoms with Crippen LogP contribution in [0.1, 0.15) is 26.2 Å². The molecule has 0 saturated heterocycles. The van der Waals surface area contributed by atoms with E-state index in [0.29, 0.717) is 29.0 Å². The summed E-state index contributed by atoms with van der Waals surface area (Å²) in [4.78, 5) is 11.6. The van der Waals surface area contributed by atoms with Gasteiger partial charge in [-0.2, -0.15) is 11.8 Å². The molecule has 0 spiro atoms. The number of carbonyl (C=O) groups is 1. The number of rotatable bonds is 3. The van der Waals surface area contributed by atoms with Crippen LogP contribution in [0.3, 0.4) is 0 Å². The lowest BCUT2D eigenvalue weighted by Crippen LogP contribution is -2.49. The van der Waals surface area contributed by atoms with Crippen molar-refractivity contribution in [2.75, 3.05) is 6.26 Å². The molecule has 1 N–H and O–H groups in total. The Hall–Kier alpha value is -0.180. The van der Waals surface area contributed by atoms with Crippen LogP contribution in [0.5, 0.6) is 0 Å². The van der Waals surface area contributed by atoms with E-state index >= 15 is 0 Å². The van der Waals surface area contributed by atoms with Crippen LogP contribution in [0.15, 0.2) is 0 Å². The topological polar surface area (TPSA) is 29.1 Å². The lowest BCUT2D eigenvalue weighted by atomic mass is 9.92. The third-order valence-corrected chi connectivity index (χ3v) is 4.46. The minimum atomic E-state index is 0.302. The Morgan fingerprint density at radius 1 is 1.46 bits per heavy atom. The number of carbonyl (C=O) groups excluding carboxylic acids is 1. The molecule has 0 bridgehead atoms. The van der Waals surface area contributed by atoms with Crippen molar-refractivity contribution in [2.24, 2.45) is 11.8 Å². The summed E-state index contributed by atoms with van der Waals surface area (Å²) in [6, 6.07) is 0.468. The maximum absolute atomic E-state index is 11.6. The SMILES string of the molecule is CSC1CCC1NC(=O)[C@H]1C[C@@H]1C. The quantitative estimate of drug-likeness (QED) is 0.749. The molecule has 0 aliphatic heterocycles. The van der Waals surface area contributed by atoms with Crippen LogP contribution in [-0.2, 0) is 4.79 Å². The minimum absolute atomic E-state index is 0.302. The summed E-state index contributed by atoms with van der Waals surface area (Å²) < 4.78 is 0. The number of hydrogen-bond donors (Lipinski definition) is 1. The monoisotopic (exact) mass is 199 g/mol. The van der Waals surface area contributed by atoms with E-state index in [9.17, 15) is 4.79 Å². The van der Waals surface area contributed by atoms with Crippen LogP contribution in [0.2, 0.25) is 0 Å². The maximum atomic E-state index is 11.6. The van der Waals surface area contributed by atoms with Gasteiger partial charge < -0.3 is 5.32 Å². The Morgan fingerprint density at radius 3 is 2.54 bits per heavy atom. The zero-order valence-corrected chi connectivity index (χ0v) is 9.06. The van der Waals surface area contributed by atoms with Gasteiger partial charge in [0.1, 0.15) is 0 Å². The van der Waals surface area contributed by atoms with Gasteiger partial charge >= 0.3 is 0 Å². The van der Waals surface area contributed by atoms with Crippen molar-refractivity contribution in [2.45, 2.75) is 37.5 Å². The number of amides is 1. The van der Waals surface area contributed by atoms with E-state index in [1.54, 1.807) is 0 Å². The highest BCUT2D eigenvalue weighted by molar-refractivity contribution is 7.99. The summed E-state index contributed by atoms with van der Waals surface area (Å²) in [5.41, 5.74) is 0. The van der Waals surface area contributed by atoms with E-state index in [2.05, 4.69) is 18.5 Å². The van der Waals surface area contributed by atoms with Crippen LogP contribution < -0.4 is 5.32 Å². The van der Waals surface area contributed by atoms with Crippen LogP contribution in [0.25, 0.3) is 0 Å². The lowest BCUT2D eigenvalue weighted by molar-refractivity contribution is -0.123. The van der Waals surface area contributed by atoms with Crippen molar-refractivity contribution < 1.29 is 4.79 Å². The Kier molecular flexibility index (Phi) is 2.54. The van der Waals surface area contributed by atoms with Gasteiger partial charge in [0.15, 0.2) is 0 Å². The van der Waals surface area contributed by atoms with Crippen LogP contribution in [-0.4, -0.2) is 23.5 Å². The highest BCUT2D eigenvalue weighted by Gasteiger charge is 2.41. The summed E-state index contributed by atoms with van der Waals surface area (Å²) in [6.45, 7) is 2.15. The third kappa shape index (κ3) is 1.85. The molecule has 0 radical (unpaired) electrons. The fourth-order valence-corrected chi connectivity index (χ4v) is 2.80. The second kappa shape index (κ2) is 3.52. The van der Waals surface area contributed by atoms with Gasteiger partial charge in [0.05, 0.1) is 0 Å². The van der Waals surface area contributed by atoms with Gasteiger partial charge in [0.25, 0.3) is 0 Å². The first kappa shape index (κ1) is 9.38. The molecule has 3 heteroatoms. The summed E-state index contributed by atoms with van der Waals surface area (Å²) in [7, 11) is 0. The van der Waals surface area contributed by atoms with Gasteiger partial charge in [0, 0.05) is 17.2 Å². The van der Waals surface area contributed by atoms with E-state index in [0.717, 1.165) is 6.42 Å². The predicted molar refractivity (Wildman–Crippen MR) is 55.7 cm³/mol. The largest absolute Gasteiger partial charge is 0.352 e. The highest BCUT2D eigenvalue weighted by atomic mass is 32.2. The molecular weight excluding hydrogens is 182 g/mol. The highest BCUT2D eigenvalue weighted by Crippen LogP contribution is 2.39. The molecule has 2 aliphatic rings. The van der Waals surface area contributed by atoms with Crippen molar-refractivity contribution in [3.63, 3.8) is 0 Å². The van der Waals surface area contributed by atoms with Crippen molar-refractivity contribution in [3.05, 3.63) is 0 Å². The van der Waals surface area contributed by atoms with E-state index in [-0.39, 0.29) is 0 Å².